The van der Waals surface area contributed by atoms with E-state index in [0.717, 1.165) is 32.2 Å². The van der Waals surface area contributed by atoms with Gasteiger partial charge in [-0.05, 0) is 39.2 Å². The van der Waals surface area contributed by atoms with Gasteiger partial charge in [0.15, 0.2) is 0 Å². The molecule has 0 spiro atoms. The molecule has 1 saturated carbocycles. The molecule has 6 heteroatoms. The van der Waals surface area contributed by atoms with Gasteiger partial charge in [0.25, 0.3) is 0 Å². The van der Waals surface area contributed by atoms with Crippen molar-refractivity contribution in [1.82, 2.24) is 20.1 Å². The van der Waals surface area contributed by atoms with Crippen molar-refractivity contribution in [2.45, 2.75) is 51.1 Å². The maximum Gasteiger partial charge on any atom is 0.326 e. The maximum atomic E-state index is 12.3. The summed E-state index contributed by atoms with van der Waals surface area (Å²) in [6.07, 6.45) is 6.66. The molecule has 2 atom stereocenters. The average Bonchev–Trinajstić information content (AvgIpc) is 3.06. The van der Waals surface area contributed by atoms with Crippen LogP contribution in [0.3, 0.4) is 0 Å². The van der Waals surface area contributed by atoms with Crippen LogP contribution in [0.15, 0.2) is 12.7 Å². The van der Waals surface area contributed by atoms with Crippen molar-refractivity contribution in [3.63, 3.8) is 0 Å². The Bertz CT molecular complexity index is 407. The smallest absolute Gasteiger partial charge is 0.326 e. The first-order chi connectivity index (χ1) is 9.22. The summed E-state index contributed by atoms with van der Waals surface area (Å²) >= 11 is 0. The van der Waals surface area contributed by atoms with E-state index >= 15 is 0 Å². The molecule has 1 heterocycles. The number of aromatic nitrogens is 3. The van der Waals surface area contributed by atoms with E-state index in [9.17, 15) is 4.79 Å². The van der Waals surface area contributed by atoms with Crippen molar-refractivity contribution in [3.05, 3.63) is 12.7 Å². The highest BCUT2D eigenvalue weighted by Gasteiger charge is 2.46. The number of carbonyl (C=O) groups excluding carboxylic acids is 1. The van der Waals surface area contributed by atoms with Crippen LogP contribution in [-0.2, 0) is 9.53 Å². The molecule has 1 aliphatic carbocycles. The molecule has 2 unspecified atom stereocenters. The second kappa shape index (κ2) is 6.14. The Hall–Kier alpha value is -1.43. The van der Waals surface area contributed by atoms with E-state index in [0.29, 0.717) is 6.61 Å². The Labute approximate surface area is 113 Å². The van der Waals surface area contributed by atoms with Crippen LogP contribution >= 0.6 is 0 Å². The molecular weight excluding hydrogens is 244 g/mol. The fourth-order valence-electron chi connectivity index (χ4n) is 2.70. The van der Waals surface area contributed by atoms with Crippen molar-refractivity contribution in [1.29, 1.82) is 0 Å². The van der Waals surface area contributed by atoms with Crippen molar-refractivity contribution < 1.29 is 9.53 Å². The van der Waals surface area contributed by atoms with E-state index in [1.807, 2.05) is 11.6 Å². The fourth-order valence-corrected chi connectivity index (χ4v) is 2.70. The molecular formula is C13H22N4O2. The lowest BCUT2D eigenvalue weighted by molar-refractivity contribution is -0.151. The van der Waals surface area contributed by atoms with Gasteiger partial charge >= 0.3 is 5.97 Å². The second-order valence-corrected chi connectivity index (χ2v) is 5.00. The van der Waals surface area contributed by atoms with Crippen molar-refractivity contribution >= 4 is 5.97 Å². The molecule has 2 rings (SSSR count). The van der Waals surface area contributed by atoms with Crippen LogP contribution in [0.25, 0.3) is 0 Å². The number of nitrogens with zero attached hydrogens (tertiary/aromatic N) is 3. The molecule has 0 amide bonds. The number of rotatable bonds is 6. The lowest BCUT2D eigenvalue weighted by atomic mass is 9.97. The zero-order valence-electron chi connectivity index (χ0n) is 11.6. The highest BCUT2D eigenvalue weighted by Crippen LogP contribution is 2.38. The fraction of sp³-hybridized carbons (Fsp3) is 0.769. The zero-order chi connectivity index (χ0) is 13.7. The van der Waals surface area contributed by atoms with Gasteiger partial charge in [0.1, 0.15) is 18.2 Å². The predicted octanol–water partition coefficient (Wildman–Crippen LogP) is 1.30. The summed E-state index contributed by atoms with van der Waals surface area (Å²) in [6.45, 7) is 5.18. The van der Waals surface area contributed by atoms with E-state index in [4.69, 9.17) is 4.74 Å². The van der Waals surface area contributed by atoms with Crippen molar-refractivity contribution in [2.24, 2.45) is 0 Å². The second-order valence-electron chi connectivity index (χ2n) is 5.00. The van der Waals surface area contributed by atoms with Gasteiger partial charge in [0.05, 0.1) is 12.6 Å². The third kappa shape index (κ3) is 2.94. The van der Waals surface area contributed by atoms with Crippen LogP contribution in [0, 0.1) is 0 Å². The number of carbonyl (C=O) groups is 1. The van der Waals surface area contributed by atoms with Gasteiger partial charge in [-0.15, -0.1) is 0 Å². The van der Waals surface area contributed by atoms with Gasteiger partial charge in [-0.1, -0.05) is 6.92 Å². The molecule has 1 aromatic heterocycles. The lowest BCUT2D eigenvalue weighted by Gasteiger charge is -2.28. The summed E-state index contributed by atoms with van der Waals surface area (Å²) in [4.78, 5) is 16.2. The molecule has 19 heavy (non-hydrogen) atoms. The number of nitrogens with one attached hydrogen (secondary N) is 1. The molecule has 0 aromatic carbocycles. The third-order valence-corrected chi connectivity index (χ3v) is 3.68. The Kier molecular flexibility index (Phi) is 4.52. The summed E-state index contributed by atoms with van der Waals surface area (Å²) in [7, 11) is 0. The van der Waals surface area contributed by atoms with Crippen LogP contribution in [0.5, 0.6) is 0 Å². The zero-order valence-corrected chi connectivity index (χ0v) is 11.6. The van der Waals surface area contributed by atoms with Crippen LogP contribution in [0.4, 0.5) is 0 Å². The first-order valence-corrected chi connectivity index (χ1v) is 6.98. The number of ether oxygens (including phenoxy) is 1. The quantitative estimate of drug-likeness (QED) is 0.786. The molecule has 0 radical (unpaired) electrons. The third-order valence-electron chi connectivity index (χ3n) is 3.68. The van der Waals surface area contributed by atoms with Gasteiger partial charge in [0.2, 0.25) is 0 Å². The summed E-state index contributed by atoms with van der Waals surface area (Å²) in [5, 5.41) is 7.56. The van der Waals surface area contributed by atoms with E-state index in [2.05, 4.69) is 22.3 Å². The van der Waals surface area contributed by atoms with Crippen LogP contribution in [-0.4, -0.2) is 39.4 Å². The first-order valence-electron chi connectivity index (χ1n) is 6.98. The van der Waals surface area contributed by atoms with Gasteiger partial charge in [-0.2, -0.15) is 5.10 Å². The Balaban J connectivity index is 2.09. The van der Waals surface area contributed by atoms with Crippen molar-refractivity contribution in [2.75, 3.05) is 13.2 Å². The minimum atomic E-state index is -0.553. The molecule has 0 bridgehead atoms. The molecule has 106 valence electrons. The van der Waals surface area contributed by atoms with E-state index < -0.39 is 5.54 Å². The van der Waals surface area contributed by atoms with Gasteiger partial charge in [0, 0.05) is 0 Å². The van der Waals surface area contributed by atoms with E-state index in [1.54, 1.807) is 6.33 Å². The standard InChI is InChI=1S/C13H22N4O2/c1-3-7-15-13(12(18)19-4-2)6-5-11(8-13)17-10-14-9-16-17/h9-11,15H,3-8H2,1-2H3. The Morgan fingerprint density at radius 3 is 3.05 bits per heavy atom. The molecule has 1 N–H and O–H groups in total. The maximum absolute atomic E-state index is 12.3. The summed E-state index contributed by atoms with van der Waals surface area (Å²) in [5.41, 5.74) is -0.553. The number of esters is 1. The number of hydrogen-bond donors (Lipinski definition) is 1. The molecule has 6 nitrogen and oxygen atoms in total. The number of hydrogen-bond acceptors (Lipinski definition) is 5. The Morgan fingerprint density at radius 2 is 2.42 bits per heavy atom. The summed E-state index contributed by atoms with van der Waals surface area (Å²) in [6, 6.07) is 0.219. The minimum Gasteiger partial charge on any atom is -0.465 e. The summed E-state index contributed by atoms with van der Waals surface area (Å²) in [5.74, 6) is -0.133. The monoisotopic (exact) mass is 266 g/mol. The van der Waals surface area contributed by atoms with E-state index in [-0.39, 0.29) is 12.0 Å². The molecule has 0 saturated heterocycles. The van der Waals surface area contributed by atoms with E-state index in [1.165, 1.54) is 6.33 Å². The normalized spacial score (nSPS) is 26.5. The molecule has 1 aliphatic rings. The summed E-state index contributed by atoms with van der Waals surface area (Å²) < 4.78 is 7.09. The van der Waals surface area contributed by atoms with Crippen molar-refractivity contribution in [3.8, 4) is 0 Å². The average molecular weight is 266 g/mol. The molecule has 0 aliphatic heterocycles. The molecule has 1 aromatic rings. The van der Waals surface area contributed by atoms with Crippen LogP contribution in [0.1, 0.15) is 45.6 Å². The Morgan fingerprint density at radius 1 is 1.58 bits per heavy atom. The highest BCUT2D eigenvalue weighted by molar-refractivity contribution is 5.81. The lowest BCUT2D eigenvalue weighted by Crippen LogP contribution is -2.51. The minimum absolute atomic E-state index is 0.133. The van der Waals surface area contributed by atoms with Gasteiger partial charge in [-0.25, -0.2) is 9.67 Å². The van der Waals surface area contributed by atoms with Crippen LogP contribution < -0.4 is 5.32 Å². The van der Waals surface area contributed by atoms with Crippen LogP contribution in [0.2, 0.25) is 0 Å². The van der Waals surface area contributed by atoms with Gasteiger partial charge in [-0.3, -0.25) is 4.79 Å². The topological polar surface area (TPSA) is 69.0 Å². The largest absolute Gasteiger partial charge is 0.465 e. The highest BCUT2D eigenvalue weighted by atomic mass is 16.5. The predicted molar refractivity (Wildman–Crippen MR) is 70.6 cm³/mol. The molecule has 1 fully saturated rings. The van der Waals surface area contributed by atoms with Gasteiger partial charge < -0.3 is 10.1 Å². The SMILES string of the molecule is CCCNC1(C(=O)OCC)CCC(n2cncn2)C1. The first kappa shape index (κ1) is 14.0.